The Balaban J connectivity index is 1.22. The van der Waals surface area contributed by atoms with Crippen molar-refractivity contribution in [2.24, 2.45) is 0 Å². The normalized spacial score (nSPS) is 21.4. The molecule has 4 fully saturated rings. The maximum Gasteiger partial charge on any atom is 0.410 e. The van der Waals surface area contributed by atoms with Gasteiger partial charge in [-0.1, -0.05) is 66.1 Å². The number of ether oxygens (including phenoxy) is 2. The second-order valence-corrected chi connectivity index (χ2v) is 15.8. The van der Waals surface area contributed by atoms with Gasteiger partial charge < -0.3 is 14.4 Å². The van der Waals surface area contributed by atoms with Gasteiger partial charge in [0.2, 0.25) is 0 Å². The fraction of sp³-hybridized carbons (Fsp3) is 0.400. The molecule has 0 aliphatic carbocycles. The summed E-state index contributed by atoms with van der Waals surface area (Å²) in [4.78, 5) is 33.9. The van der Waals surface area contributed by atoms with Gasteiger partial charge in [-0.3, -0.25) is 14.8 Å². The molecule has 0 radical (unpaired) electrons. The number of rotatable bonds is 5. The quantitative estimate of drug-likeness (QED) is 0.156. The number of benzene rings is 2. The second kappa shape index (κ2) is 12.2. The average molecular weight is 707 g/mol. The molecule has 2 aromatic carbocycles. The van der Waals surface area contributed by atoms with Gasteiger partial charge >= 0.3 is 12.1 Å². The Kier molecular flexibility index (Phi) is 8.00. The topological polar surface area (TPSA) is 83.9 Å². The van der Waals surface area contributed by atoms with E-state index in [0.717, 1.165) is 55.3 Å². The van der Waals surface area contributed by atoms with Crippen LogP contribution in [0.4, 0.5) is 15.0 Å². The Hall–Kier alpha value is -4.72. The maximum atomic E-state index is 17.1. The predicted octanol–water partition coefficient (Wildman–Crippen LogP) is 7.55. The van der Waals surface area contributed by atoms with Crippen LogP contribution in [0.5, 0.6) is 6.01 Å². The number of hydrogen-bond donors (Lipinski definition) is 0. The molecule has 2 aromatic heterocycles. The first kappa shape index (κ1) is 33.4. The summed E-state index contributed by atoms with van der Waals surface area (Å²) in [6.07, 6.45) is 10.4. The zero-order chi connectivity index (χ0) is 35.8. The van der Waals surface area contributed by atoms with Gasteiger partial charge in [-0.05, 0) is 57.9 Å². The third-order valence-corrected chi connectivity index (χ3v) is 10.9. The van der Waals surface area contributed by atoms with Crippen LogP contribution in [0.1, 0.15) is 52.0 Å². The molecule has 2 atom stereocenters. The molecule has 51 heavy (non-hydrogen) atoms. The predicted molar refractivity (Wildman–Crippen MR) is 198 cm³/mol. The van der Waals surface area contributed by atoms with Crippen LogP contribution in [-0.2, 0) is 4.74 Å². The van der Waals surface area contributed by atoms with Crippen molar-refractivity contribution in [2.45, 2.75) is 69.7 Å². The monoisotopic (exact) mass is 706 g/mol. The Bertz CT molecular complexity index is 2160. The Labute approximate surface area is 302 Å². The maximum absolute atomic E-state index is 17.1. The zero-order valence-corrected chi connectivity index (χ0v) is 29.9. The van der Waals surface area contributed by atoms with Crippen molar-refractivity contribution in [2.75, 3.05) is 37.7 Å². The van der Waals surface area contributed by atoms with Crippen LogP contribution in [0.25, 0.3) is 32.9 Å². The summed E-state index contributed by atoms with van der Waals surface area (Å²) < 4.78 is 29.3. The van der Waals surface area contributed by atoms with Crippen LogP contribution in [0, 0.1) is 18.2 Å². The van der Waals surface area contributed by atoms with E-state index in [1.807, 2.05) is 43.9 Å². The molecule has 1 amide bonds. The molecule has 0 saturated carbocycles. The summed E-state index contributed by atoms with van der Waals surface area (Å²) in [6.45, 7) is 17.0. The lowest BCUT2D eigenvalue weighted by atomic mass is 9.92. The van der Waals surface area contributed by atoms with Crippen LogP contribution in [0.15, 0.2) is 60.8 Å². The van der Waals surface area contributed by atoms with Gasteiger partial charge in [0.25, 0.3) is 0 Å². The molecular formula is C40H40ClFN6O3. The van der Waals surface area contributed by atoms with E-state index in [9.17, 15) is 4.79 Å². The summed E-state index contributed by atoms with van der Waals surface area (Å²) in [5.74, 6) is 2.58. The fourth-order valence-corrected chi connectivity index (χ4v) is 8.76. The number of fused-ring (bicyclic) bond motifs is 5. The molecule has 4 saturated heterocycles. The highest BCUT2D eigenvalue weighted by molar-refractivity contribution is 6.33. The van der Waals surface area contributed by atoms with Gasteiger partial charge in [0.05, 0.1) is 33.6 Å². The van der Waals surface area contributed by atoms with E-state index in [1.165, 1.54) is 0 Å². The lowest BCUT2D eigenvalue weighted by Crippen LogP contribution is -2.57. The van der Waals surface area contributed by atoms with Gasteiger partial charge in [0, 0.05) is 43.3 Å². The molecule has 8 rings (SSSR count). The van der Waals surface area contributed by atoms with E-state index in [4.69, 9.17) is 37.5 Å². The Morgan fingerprint density at radius 2 is 1.80 bits per heavy atom. The largest absolute Gasteiger partial charge is 0.461 e. The van der Waals surface area contributed by atoms with Crippen LogP contribution in [-0.4, -0.2) is 86.9 Å². The highest BCUT2D eigenvalue weighted by Crippen LogP contribution is 2.44. The highest BCUT2D eigenvalue weighted by atomic mass is 35.5. The first-order valence-electron chi connectivity index (χ1n) is 17.4. The summed E-state index contributed by atoms with van der Waals surface area (Å²) in [5.41, 5.74) is 2.56. The standard InChI is InChI=1S/C40H40ClFN6O3/c1-7-28-31(41)14-11-25-9-8-10-29(32(25)28)34-33(42)35-30(17-43-34)36(46-20-26-12-13-27(21-46)48(26)38(49)51-39(4,5)6)45-37(44-35)50-22-40-15-23(2)18-47(40)19-24(3)16-40/h1,8-11,14,17,26-27H,2-3,12-13,15-16,18-22H2,4-6H3. The summed E-state index contributed by atoms with van der Waals surface area (Å²) in [5, 5.41) is 2.31. The van der Waals surface area contributed by atoms with Gasteiger partial charge in [-0.2, -0.15) is 9.97 Å². The van der Waals surface area contributed by atoms with Gasteiger partial charge in [-0.25, -0.2) is 9.18 Å². The lowest BCUT2D eigenvalue weighted by molar-refractivity contribution is 0.0122. The molecule has 2 bridgehead atoms. The van der Waals surface area contributed by atoms with Crippen LogP contribution in [0.3, 0.4) is 0 Å². The molecule has 9 nitrogen and oxygen atoms in total. The van der Waals surface area contributed by atoms with Crippen LogP contribution in [0.2, 0.25) is 5.02 Å². The minimum absolute atomic E-state index is 0.0742. The molecule has 262 valence electrons. The molecule has 4 aromatic rings. The Morgan fingerprint density at radius 1 is 1.10 bits per heavy atom. The molecule has 11 heteroatoms. The number of terminal acetylenes is 1. The van der Waals surface area contributed by atoms with E-state index in [0.29, 0.717) is 52.4 Å². The van der Waals surface area contributed by atoms with Gasteiger partial charge in [-0.15, -0.1) is 6.42 Å². The lowest BCUT2D eigenvalue weighted by Gasteiger charge is -2.42. The Morgan fingerprint density at radius 3 is 2.47 bits per heavy atom. The van der Waals surface area contributed by atoms with Crippen LogP contribution >= 0.6 is 11.6 Å². The van der Waals surface area contributed by atoms with Gasteiger partial charge in [0.15, 0.2) is 5.82 Å². The third-order valence-electron chi connectivity index (χ3n) is 10.6. The molecule has 6 heterocycles. The van der Waals surface area contributed by atoms with Gasteiger partial charge in [0.1, 0.15) is 29.2 Å². The van der Waals surface area contributed by atoms with E-state index in [-0.39, 0.29) is 40.9 Å². The molecule has 0 spiro atoms. The number of carbonyl (C=O) groups is 1. The number of piperazine rings is 1. The molecule has 4 aliphatic rings. The van der Waals surface area contributed by atoms with Crippen LogP contribution < -0.4 is 9.64 Å². The zero-order valence-electron chi connectivity index (χ0n) is 29.1. The number of anilines is 1. The molecule has 4 aliphatic heterocycles. The van der Waals surface area contributed by atoms with E-state index < -0.39 is 11.4 Å². The molecule has 2 unspecified atom stereocenters. The number of carbonyl (C=O) groups excluding carboxylic acids is 1. The fourth-order valence-electron chi connectivity index (χ4n) is 8.55. The number of amides is 1. The SMILES string of the molecule is C#Cc1c(Cl)ccc2cccc(-c3ncc4c(N5CC6CCC(C5)N6C(=O)OC(C)(C)C)nc(OCC56CC(=C)CN5CC(=C)C6)nc4c3F)c12. The number of halogens is 2. The summed E-state index contributed by atoms with van der Waals surface area (Å²) >= 11 is 6.51. The van der Waals surface area contributed by atoms with Crippen molar-refractivity contribution in [1.82, 2.24) is 24.8 Å². The number of pyridine rings is 1. The van der Waals surface area contributed by atoms with Crippen molar-refractivity contribution >= 4 is 45.2 Å². The van der Waals surface area contributed by atoms with Crippen molar-refractivity contribution in [3.63, 3.8) is 0 Å². The third kappa shape index (κ3) is 5.77. The highest BCUT2D eigenvalue weighted by Gasteiger charge is 2.48. The first-order valence-corrected chi connectivity index (χ1v) is 17.7. The first-order chi connectivity index (χ1) is 24.3. The number of nitrogens with zero attached hydrogens (tertiary/aromatic N) is 6. The van der Waals surface area contributed by atoms with Crippen molar-refractivity contribution in [3.05, 3.63) is 77.2 Å². The number of aromatic nitrogens is 3. The molecule has 0 N–H and O–H groups in total. The van der Waals surface area contributed by atoms with Crippen molar-refractivity contribution < 1.29 is 18.7 Å². The summed E-state index contributed by atoms with van der Waals surface area (Å²) in [6, 6.07) is 9.03. The van der Waals surface area contributed by atoms with E-state index >= 15 is 4.39 Å². The molecular weight excluding hydrogens is 667 g/mol. The minimum atomic E-state index is -0.616. The smallest absolute Gasteiger partial charge is 0.410 e. The second-order valence-electron chi connectivity index (χ2n) is 15.4. The van der Waals surface area contributed by atoms with E-state index in [1.54, 1.807) is 18.3 Å². The number of hydrogen-bond acceptors (Lipinski definition) is 8. The van der Waals surface area contributed by atoms with Crippen molar-refractivity contribution in [1.29, 1.82) is 0 Å². The van der Waals surface area contributed by atoms with Crippen molar-refractivity contribution in [3.8, 4) is 29.6 Å². The van der Waals surface area contributed by atoms with E-state index in [2.05, 4.69) is 33.9 Å². The summed E-state index contributed by atoms with van der Waals surface area (Å²) in [7, 11) is 0. The minimum Gasteiger partial charge on any atom is -0.461 e. The average Bonchev–Trinajstić information content (AvgIpc) is 3.65.